The van der Waals surface area contributed by atoms with Crippen LogP contribution in [0.25, 0.3) is 0 Å². The van der Waals surface area contributed by atoms with Crippen molar-refractivity contribution in [1.82, 2.24) is 4.90 Å². The fraction of sp³-hybridized carbons (Fsp3) is 0.500. The van der Waals surface area contributed by atoms with Gasteiger partial charge in [0.25, 0.3) is 11.8 Å². The van der Waals surface area contributed by atoms with Crippen molar-refractivity contribution in [3.8, 4) is 0 Å². The third kappa shape index (κ3) is 2.43. The van der Waals surface area contributed by atoms with Crippen LogP contribution < -0.4 is 0 Å². The van der Waals surface area contributed by atoms with E-state index in [9.17, 15) is 14.4 Å². The van der Waals surface area contributed by atoms with Gasteiger partial charge in [-0.15, -0.1) is 0 Å². The molecular formula is C10H13NO4. The Labute approximate surface area is 87.4 Å². The number of aliphatic carboxylic acids is 1. The van der Waals surface area contributed by atoms with Crippen LogP contribution in [-0.2, 0) is 14.4 Å². The fourth-order valence-corrected chi connectivity index (χ4v) is 1.30. The monoisotopic (exact) mass is 211 g/mol. The number of rotatable bonds is 4. The standard InChI is InChI=1S/C10H13NO4/c1-6(10(14)15)3-4-11-8(12)5-7(2)9(11)13/h5-6H,3-4H2,1-2H3,(H,14,15). The molecule has 1 unspecified atom stereocenters. The first-order valence-electron chi connectivity index (χ1n) is 4.70. The van der Waals surface area contributed by atoms with Gasteiger partial charge in [-0.2, -0.15) is 0 Å². The number of hydrogen-bond acceptors (Lipinski definition) is 3. The van der Waals surface area contributed by atoms with E-state index in [1.807, 2.05) is 0 Å². The summed E-state index contributed by atoms with van der Waals surface area (Å²) in [6.07, 6.45) is 1.56. The van der Waals surface area contributed by atoms with Gasteiger partial charge in [-0.05, 0) is 13.3 Å². The second-order valence-corrected chi connectivity index (χ2v) is 3.65. The van der Waals surface area contributed by atoms with E-state index in [1.165, 1.54) is 6.08 Å². The molecular weight excluding hydrogens is 198 g/mol. The van der Waals surface area contributed by atoms with Gasteiger partial charge in [0, 0.05) is 18.2 Å². The molecule has 0 saturated carbocycles. The van der Waals surface area contributed by atoms with E-state index in [1.54, 1.807) is 13.8 Å². The maximum absolute atomic E-state index is 11.4. The minimum Gasteiger partial charge on any atom is -0.481 e. The van der Waals surface area contributed by atoms with Crippen LogP contribution in [0.1, 0.15) is 20.3 Å². The highest BCUT2D eigenvalue weighted by Crippen LogP contribution is 2.14. The van der Waals surface area contributed by atoms with Gasteiger partial charge in [-0.25, -0.2) is 0 Å². The molecule has 1 atom stereocenters. The van der Waals surface area contributed by atoms with Crippen LogP contribution in [0, 0.1) is 5.92 Å². The number of amides is 2. The van der Waals surface area contributed by atoms with Gasteiger partial charge >= 0.3 is 5.97 Å². The van der Waals surface area contributed by atoms with Gasteiger partial charge in [0.2, 0.25) is 0 Å². The van der Waals surface area contributed by atoms with Crippen LogP contribution in [-0.4, -0.2) is 34.3 Å². The molecule has 1 heterocycles. The van der Waals surface area contributed by atoms with Crippen LogP contribution in [0.5, 0.6) is 0 Å². The van der Waals surface area contributed by atoms with E-state index >= 15 is 0 Å². The first-order chi connectivity index (χ1) is 6.93. The summed E-state index contributed by atoms with van der Waals surface area (Å²) in [5, 5.41) is 8.64. The third-order valence-electron chi connectivity index (χ3n) is 2.40. The molecule has 1 N–H and O–H groups in total. The van der Waals surface area contributed by atoms with Crippen molar-refractivity contribution in [1.29, 1.82) is 0 Å². The molecule has 82 valence electrons. The molecule has 1 rings (SSSR count). The van der Waals surface area contributed by atoms with Crippen LogP contribution in [0.3, 0.4) is 0 Å². The van der Waals surface area contributed by atoms with Crippen LogP contribution >= 0.6 is 0 Å². The molecule has 0 radical (unpaired) electrons. The van der Waals surface area contributed by atoms with Crippen LogP contribution in [0.4, 0.5) is 0 Å². The lowest BCUT2D eigenvalue weighted by Gasteiger charge is -2.15. The number of hydrogen-bond donors (Lipinski definition) is 1. The Morgan fingerprint density at radius 2 is 2.13 bits per heavy atom. The van der Waals surface area contributed by atoms with Gasteiger partial charge in [-0.1, -0.05) is 6.92 Å². The Morgan fingerprint density at radius 1 is 1.53 bits per heavy atom. The summed E-state index contributed by atoms with van der Waals surface area (Å²) in [5.74, 6) is -2.14. The van der Waals surface area contributed by atoms with E-state index in [2.05, 4.69) is 0 Å². The number of carbonyl (C=O) groups excluding carboxylic acids is 2. The van der Waals surface area contributed by atoms with Crippen molar-refractivity contribution >= 4 is 17.8 Å². The van der Waals surface area contributed by atoms with Crippen molar-refractivity contribution in [3.05, 3.63) is 11.6 Å². The molecule has 1 aliphatic heterocycles. The summed E-state index contributed by atoms with van der Waals surface area (Å²) < 4.78 is 0. The lowest BCUT2D eigenvalue weighted by atomic mass is 10.1. The van der Waals surface area contributed by atoms with Crippen LogP contribution in [0.15, 0.2) is 11.6 Å². The predicted molar refractivity (Wildman–Crippen MR) is 51.9 cm³/mol. The lowest BCUT2D eigenvalue weighted by molar-refractivity contribution is -0.143. The molecule has 0 fully saturated rings. The quantitative estimate of drug-likeness (QED) is 0.683. The molecule has 0 bridgehead atoms. The molecule has 0 spiro atoms. The Morgan fingerprint density at radius 3 is 2.53 bits per heavy atom. The van der Waals surface area contributed by atoms with Gasteiger partial charge in [0.1, 0.15) is 0 Å². The van der Waals surface area contributed by atoms with Gasteiger partial charge < -0.3 is 5.11 Å². The number of imide groups is 1. The summed E-state index contributed by atoms with van der Waals surface area (Å²) in [5.41, 5.74) is 0.406. The molecule has 0 aliphatic carbocycles. The molecule has 0 aromatic carbocycles. The highest BCUT2D eigenvalue weighted by atomic mass is 16.4. The second-order valence-electron chi connectivity index (χ2n) is 3.65. The minimum atomic E-state index is -0.918. The van der Waals surface area contributed by atoms with Gasteiger partial charge in [0.05, 0.1) is 5.92 Å². The van der Waals surface area contributed by atoms with E-state index in [4.69, 9.17) is 5.11 Å². The summed E-state index contributed by atoms with van der Waals surface area (Å²) in [7, 11) is 0. The summed E-state index contributed by atoms with van der Waals surface area (Å²) in [6, 6.07) is 0. The molecule has 5 heteroatoms. The number of carboxylic acids is 1. The maximum atomic E-state index is 11.4. The van der Waals surface area contributed by atoms with Gasteiger partial charge in [0.15, 0.2) is 0 Å². The Balaban J connectivity index is 2.51. The summed E-state index contributed by atoms with van der Waals surface area (Å²) >= 11 is 0. The van der Waals surface area contributed by atoms with Crippen molar-refractivity contribution < 1.29 is 19.5 Å². The summed E-state index contributed by atoms with van der Waals surface area (Å²) in [4.78, 5) is 34.3. The van der Waals surface area contributed by atoms with E-state index in [0.29, 0.717) is 5.57 Å². The number of carbonyl (C=O) groups is 3. The zero-order chi connectivity index (χ0) is 11.6. The Bertz CT molecular complexity index is 345. The van der Waals surface area contributed by atoms with Crippen molar-refractivity contribution in [2.24, 2.45) is 5.92 Å². The fourth-order valence-electron chi connectivity index (χ4n) is 1.30. The topological polar surface area (TPSA) is 74.7 Å². The first-order valence-corrected chi connectivity index (χ1v) is 4.70. The Hall–Kier alpha value is -1.65. The number of nitrogens with zero attached hydrogens (tertiary/aromatic N) is 1. The smallest absolute Gasteiger partial charge is 0.306 e. The molecule has 0 aromatic heterocycles. The first kappa shape index (κ1) is 11.4. The van der Waals surface area contributed by atoms with Crippen molar-refractivity contribution in [3.63, 3.8) is 0 Å². The molecule has 0 aromatic rings. The highest BCUT2D eigenvalue weighted by molar-refractivity contribution is 6.15. The zero-order valence-electron chi connectivity index (χ0n) is 8.69. The van der Waals surface area contributed by atoms with Crippen LogP contribution in [0.2, 0.25) is 0 Å². The van der Waals surface area contributed by atoms with E-state index < -0.39 is 11.9 Å². The largest absolute Gasteiger partial charge is 0.481 e. The van der Waals surface area contributed by atoms with Crippen molar-refractivity contribution in [2.75, 3.05) is 6.54 Å². The SMILES string of the molecule is CC1=CC(=O)N(CCC(C)C(=O)O)C1=O. The summed E-state index contributed by atoms with van der Waals surface area (Å²) in [6.45, 7) is 3.29. The predicted octanol–water partition coefficient (Wildman–Crippen LogP) is 0.412. The average Bonchev–Trinajstić information content (AvgIpc) is 2.38. The molecule has 2 amide bonds. The molecule has 15 heavy (non-hydrogen) atoms. The molecule has 0 saturated heterocycles. The van der Waals surface area contributed by atoms with E-state index in [0.717, 1.165) is 4.90 Å². The third-order valence-corrected chi connectivity index (χ3v) is 2.40. The van der Waals surface area contributed by atoms with Crippen molar-refractivity contribution in [2.45, 2.75) is 20.3 Å². The van der Waals surface area contributed by atoms with Gasteiger partial charge in [-0.3, -0.25) is 19.3 Å². The van der Waals surface area contributed by atoms with E-state index in [-0.39, 0.29) is 24.8 Å². The minimum absolute atomic E-state index is 0.166. The lowest BCUT2D eigenvalue weighted by Crippen LogP contribution is -2.33. The normalized spacial score (nSPS) is 18.0. The highest BCUT2D eigenvalue weighted by Gasteiger charge is 2.28. The Kier molecular flexibility index (Phi) is 3.24. The zero-order valence-corrected chi connectivity index (χ0v) is 8.69. The maximum Gasteiger partial charge on any atom is 0.306 e. The second kappa shape index (κ2) is 4.25. The molecule has 5 nitrogen and oxygen atoms in total. The molecule has 1 aliphatic rings. The average molecular weight is 211 g/mol. The number of carboxylic acid groups (broad SMARTS) is 1.